The summed E-state index contributed by atoms with van der Waals surface area (Å²) in [5, 5.41) is 3.22. The number of benzene rings is 1. The smallest absolute Gasteiger partial charge is 0.267 e. The molecule has 0 saturated heterocycles. The number of amides is 2. The van der Waals surface area contributed by atoms with Crippen LogP contribution in [0.2, 0.25) is 0 Å². The van der Waals surface area contributed by atoms with E-state index >= 15 is 0 Å². The van der Waals surface area contributed by atoms with Gasteiger partial charge in [0.05, 0.1) is 16.8 Å². The molecule has 1 aliphatic heterocycles. The molecule has 0 unspecified atom stereocenters. The Hall–Kier alpha value is -2.53. The van der Waals surface area contributed by atoms with Gasteiger partial charge in [-0.2, -0.15) is 0 Å². The number of pyridine rings is 1. The molecule has 1 N–H and O–H groups in total. The number of nitrogens with zero attached hydrogens (tertiary/aromatic N) is 2. The van der Waals surface area contributed by atoms with Crippen LogP contribution in [-0.2, 0) is 6.54 Å². The van der Waals surface area contributed by atoms with E-state index in [2.05, 4.69) is 10.3 Å². The predicted octanol–water partition coefficient (Wildman–Crippen LogP) is 1.99. The summed E-state index contributed by atoms with van der Waals surface area (Å²) in [5.74, 6) is -0.610. The van der Waals surface area contributed by atoms with Gasteiger partial charge in [0.25, 0.3) is 11.8 Å². The lowest BCUT2D eigenvalue weighted by molar-refractivity contribution is 0.0926. The van der Waals surface area contributed by atoms with Crippen molar-refractivity contribution in [3.8, 4) is 0 Å². The van der Waals surface area contributed by atoms with Crippen molar-refractivity contribution in [2.24, 2.45) is 0 Å². The Morgan fingerprint density at radius 3 is 2.71 bits per heavy atom. The van der Waals surface area contributed by atoms with Gasteiger partial charge in [-0.25, -0.2) is 4.90 Å². The quantitative estimate of drug-likeness (QED) is 0.871. The van der Waals surface area contributed by atoms with Gasteiger partial charge in [0.2, 0.25) is 0 Å². The zero-order valence-electron chi connectivity index (χ0n) is 11.7. The number of carbonyl (C=O) groups excluding carboxylic acids is 2. The number of carbonyl (C=O) groups is 2. The molecule has 3 rings (SSSR count). The highest BCUT2D eigenvalue weighted by atomic mass is 16.2. The summed E-state index contributed by atoms with van der Waals surface area (Å²) in [4.78, 5) is 29.9. The maximum absolute atomic E-state index is 12.4. The third-order valence-corrected chi connectivity index (χ3v) is 3.44. The minimum atomic E-state index is -0.316. The van der Waals surface area contributed by atoms with Gasteiger partial charge in [0.1, 0.15) is 0 Å². The van der Waals surface area contributed by atoms with Gasteiger partial charge >= 0.3 is 0 Å². The molecule has 0 spiro atoms. The fourth-order valence-corrected chi connectivity index (χ4v) is 2.39. The third kappa shape index (κ3) is 2.32. The Balaban J connectivity index is 1.95. The Bertz CT molecular complexity index is 677. The van der Waals surface area contributed by atoms with E-state index in [-0.39, 0.29) is 11.8 Å². The van der Waals surface area contributed by atoms with Crippen LogP contribution in [0.3, 0.4) is 0 Å². The standard InChI is InChI=1S/C16H15N3O2/c1-2-17-9-11-4-3-5-12(8-11)19-15(20)13-6-7-18-10-14(13)16(19)21/h3-8,10,17H,2,9H2,1H3. The van der Waals surface area contributed by atoms with Gasteiger partial charge in [-0.15, -0.1) is 0 Å². The molecule has 0 aliphatic carbocycles. The molecule has 106 valence electrons. The lowest BCUT2D eigenvalue weighted by Gasteiger charge is -2.15. The van der Waals surface area contributed by atoms with E-state index < -0.39 is 0 Å². The van der Waals surface area contributed by atoms with Crippen LogP contribution in [0, 0.1) is 0 Å². The molecule has 0 fully saturated rings. The van der Waals surface area contributed by atoms with Gasteiger partial charge in [-0.1, -0.05) is 19.1 Å². The topological polar surface area (TPSA) is 62.3 Å². The van der Waals surface area contributed by atoms with E-state index in [1.807, 2.05) is 25.1 Å². The van der Waals surface area contributed by atoms with Gasteiger partial charge in [0, 0.05) is 18.9 Å². The molecule has 1 aromatic heterocycles. The zero-order valence-corrected chi connectivity index (χ0v) is 11.7. The molecule has 1 aromatic carbocycles. The summed E-state index contributed by atoms with van der Waals surface area (Å²) >= 11 is 0. The minimum absolute atomic E-state index is 0.294. The lowest BCUT2D eigenvalue weighted by atomic mass is 10.2. The van der Waals surface area contributed by atoms with Crippen molar-refractivity contribution in [3.05, 3.63) is 59.4 Å². The van der Waals surface area contributed by atoms with Crippen molar-refractivity contribution in [1.29, 1.82) is 0 Å². The van der Waals surface area contributed by atoms with Crippen LogP contribution in [0.5, 0.6) is 0 Å². The van der Waals surface area contributed by atoms with E-state index in [1.54, 1.807) is 12.1 Å². The van der Waals surface area contributed by atoms with Crippen molar-refractivity contribution >= 4 is 17.5 Å². The highest BCUT2D eigenvalue weighted by molar-refractivity contribution is 6.34. The first-order valence-corrected chi connectivity index (χ1v) is 6.85. The summed E-state index contributed by atoms with van der Waals surface area (Å²) in [6.45, 7) is 3.60. The molecule has 5 nitrogen and oxygen atoms in total. The number of anilines is 1. The molecular formula is C16H15N3O2. The summed E-state index contributed by atoms with van der Waals surface area (Å²) in [6, 6.07) is 9.02. The second-order valence-corrected chi connectivity index (χ2v) is 4.82. The van der Waals surface area contributed by atoms with E-state index in [4.69, 9.17) is 0 Å². The number of aromatic nitrogens is 1. The van der Waals surface area contributed by atoms with Crippen molar-refractivity contribution in [2.45, 2.75) is 13.5 Å². The third-order valence-electron chi connectivity index (χ3n) is 3.44. The predicted molar refractivity (Wildman–Crippen MR) is 79.2 cm³/mol. The highest BCUT2D eigenvalue weighted by Crippen LogP contribution is 2.28. The molecule has 2 amide bonds. The largest absolute Gasteiger partial charge is 0.313 e. The Morgan fingerprint density at radius 1 is 1.14 bits per heavy atom. The van der Waals surface area contributed by atoms with Crippen LogP contribution in [0.4, 0.5) is 5.69 Å². The van der Waals surface area contributed by atoms with Crippen LogP contribution in [0.25, 0.3) is 0 Å². The lowest BCUT2D eigenvalue weighted by Crippen LogP contribution is -2.29. The van der Waals surface area contributed by atoms with Crippen LogP contribution in [0.1, 0.15) is 33.2 Å². The minimum Gasteiger partial charge on any atom is -0.313 e. The molecule has 1 aliphatic rings. The summed E-state index contributed by atoms with van der Waals surface area (Å²) in [5.41, 5.74) is 2.40. The number of hydrogen-bond donors (Lipinski definition) is 1. The highest BCUT2D eigenvalue weighted by Gasteiger charge is 2.36. The zero-order chi connectivity index (χ0) is 14.8. The molecule has 0 radical (unpaired) electrons. The summed E-state index contributed by atoms with van der Waals surface area (Å²) in [7, 11) is 0. The molecule has 2 heterocycles. The van der Waals surface area contributed by atoms with Crippen LogP contribution < -0.4 is 10.2 Å². The Labute approximate surface area is 122 Å². The fourth-order valence-electron chi connectivity index (χ4n) is 2.39. The summed E-state index contributed by atoms with van der Waals surface area (Å²) in [6.07, 6.45) is 2.97. The van der Waals surface area contributed by atoms with E-state index in [0.717, 1.165) is 12.1 Å². The van der Waals surface area contributed by atoms with Crippen molar-refractivity contribution in [3.63, 3.8) is 0 Å². The van der Waals surface area contributed by atoms with Crippen LogP contribution in [0.15, 0.2) is 42.7 Å². The Morgan fingerprint density at radius 2 is 1.95 bits per heavy atom. The number of fused-ring (bicyclic) bond motifs is 1. The Kier molecular flexibility index (Phi) is 3.50. The number of imide groups is 1. The SMILES string of the molecule is CCNCc1cccc(N2C(=O)c3ccncc3C2=O)c1. The van der Waals surface area contributed by atoms with Crippen molar-refractivity contribution < 1.29 is 9.59 Å². The van der Waals surface area contributed by atoms with Gasteiger partial charge in [-0.05, 0) is 30.3 Å². The number of nitrogens with one attached hydrogen (secondary N) is 1. The molecule has 2 aromatic rings. The van der Waals surface area contributed by atoms with E-state index in [0.29, 0.717) is 23.4 Å². The van der Waals surface area contributed by atoms with Gasteiger partial charge in [0.15, 0.2) is 0 Å². The summed E-state index contributed by atoms with van der Waals surface area (Å²) < 4.78 is 0. The molecule has 21 heavy (non-hydrogen) atoms. The average Bonchev–Trinajstić information content (AvgIpc) is 2.78. The molecule has 0 atom stereocenters. The van der Waals surface area contributed by atoms with Crippen molar-refractivity contribution in [1.82, 2.24) is 10.3 Å². The first-order chi connectivity index (χ1) is 10.2. The van der Waals surface area contributed by atoms with E-state index in [1.165, 1.54) is 17.3 Å². The number of rotatable bonds is 4. The molecule has 0 bridgehead atoms. The fraction of sp³-hybridized carbons (Fsp3) is 0.188. The monoisotopic (exact) mass is 281 g/mol. The maximum atomic E-state index is 12.4. The van der Waals surface area contributed by atoms with Gasteiger partial charge in [-0.3, -0.25) is 14.6 Å². The average molecular weight is 281 g/mol. The second kappa shape index (κ2) is 5.46. The normalized spacial score (nSPS) is 13.7. The molecular weight excluding hydrogens is 266 g/mol. The second-order valence-electron chi connectivity index (χ2n) is 4.82. The molecule has 0 saturated carbocycles. The first kappa shape index (κ1) is 13.5. The van der Waals surface area contributed by atoms with Crippen molar-refractivity contribution in [2.75, 3.05) is 11.4 Å². The number of hydrogen-bond acceptors (Lipinski definition) is 4. The van der Waals surface area contributed by atoms with Crippen LogP contribution in [-0.4, -0.2) is 23.3 Å². The maximum Gasteiger partial charge on any atom is 0.267 e. The van der Waals surface area contributed by atoms with Crippen LogP contribution >= 0.6 is 0 Å². The van der Waals surface area contributed by atoms with E-state index in [9.17, 15) is 9.59 Å². The van der Waals surface area contributed by atoms with Gasteiger partial charge < -0.3 is 5.32 Å². The molecule has 5 heteroatoms. The first-order valence-electron chi connectivity index (χ1n) is 6.85.